The van der Waals surface area contributed by atoms with Gasteiger partial charge in [0, 0.05) is 31.1 Å². The van der Waals surface area contributed by atoms with E-state index in [-0.39, 0.29) is 0 Å². The maximum absolute atomic E-state index is 5.84. The SMILES string of the molecule is NC1Cc2nc(C3CCC3)cn2C1. The second kappa shape index (κ2) is 2.58. The molecule has 0 spiro atoms. The summed E-state index contributed by atoms with van der Waals surface area (Å²) in [5.41, 5.74) is 7.15. The lowest BCUT2D eigenvalue weighted by Gasteiger charge is -2.23. The molecule has 2 N–H and O–H groups in total. The van der Waals surface area contributed by atoms with E-state index >= 15 is 0 Å². The zero-order valence-corrected chi connectivity index (χ0v) is 7.74. The van der Waals surface area contributed by atoms with Crippen molar-refractivity contribution >= 4 is 0 Å². The van der Waals surface area contributed by atoms with E-state index in [4.69, 9.17) is 5.73 Å². The van der Waals surface area contributed by atoms with Crippen LogP contribution in [-0.4, -0.2) is 15.6 Å². The largest absolute Gasteiger partial charge is 0.333 e. The molecule has 0 bridgehead atoms. The highest BCUT2D eigenvalue weighted by Gasteiger charge is 2.26. The van der Waals surface area contributed by atoms with E-state index in [1.165, 1.54) is 30.8 Å². The molecule has 3 rings (SSSR count). The van der Waals surface area contributed by atoms with Crippen LogP contribution in [0.3, 0.4) is 0 Å². The summed E-state index contributed by atoms with van der Waals surface area (Å²) in [4.78, 5) is 4.65. The molecule has 0 saturated heterocycles. The summed E-state index contributed by atoms with van der Waals surface area (Å²) in [5.74, 6) is 1.96. The molecule has 13 heavy (non-hydrogen) atoms. The fourth-order valence-corrected chi connectivity index (χ4v) is 2.25. The second-order valence-electron chi connectivity index (χ2n) is 4.33. The molecule has 0 radical (unpaired) electrons. The van der Waals surface area contributed by atoms with Crippen molar-refractivity contribution in [2.45, 2.75) is 44.2 Å². The molecule has 2 heterocycles. The Kier molecular flexibility index (Phi) is 1.50. The Hall–Kier alpha value is -0.830. The number of hydrogen-bond donors (Lipinski definition) is 1. The summed E-state index contributed by atoms with van der Waals surface area (Å²) in [5, 5.41) is 0. The van der Waals surface area contributed by atoms with Crippen LogP contribution in [0.2, 0.25) is 0 Å². The van der Waals surface area contributed by atoms with Gasteiger partial charge in [-0.05, 0) is 12.8 Å². The number of nitrogens with zero attached hydrogens (tertiary/aromatic N) is 2. The first-order chi connectivity index (χ1) is 6.33. The van der Waals surface area contributed by atoms with E-state index in [0.29, 0.717) is 6.04 Å². The average molecular weight is 177 g/mol. The minimum atomic E-state index is 0.304. The van der Waals surface area contributed by atoms with Gasteiger partial charge in [0.05, 0.1) is 5.69 Å². The molecule has 70 valence electrons. The van der Waals surface area contributed by atoms with Gasteiger partial charge in [-0.1, -0.05) is 6.42 Å². The van der Waals surface area contributed by atoms with Gasteiger partial charge in [0.1, 0.15) is 5.82 Å². The van der Waals surface area contributed by atoms with E-state index in [9.17, 15) is 0 Å². The summed E-state index contributed by atoms with van der Waals surface area (Å²) in [6.45, 7) is 0.967. The van der Waals surface area contributed by atoms with Gasteiger partial charge in [0.2, 0.25) is 0 Å². The smallest absolute Gasteiger partial charge is 0.110 e. The molecule has 1 aliphatic heterocycles. The van der Waals surface area contributed by atoms with Crippen molar-refractivity contribution in [2.24, 2.45) is 5.73 Å². The second-order valence-corrected chi connectivity index (χ2v) is 4.33. The standard InChI is InChI=1S/C10H15N3/c11-8-4-10-12-9(6-13(10)5-8)7-2-1-3-7/h6-8H,1-5,11H2. The number of fused-ring (bicyclic) bond motifs is 1. The van der Waals surface area contributed by atoms with Crippen molar-refractivity contribution in [2.75, 3.05) is 0 Å². The van der Waals surface area contributed by atoms with Crippen molar-refractivity contribution in [3.05, 3.63) is 17.7 Å². The maximum Gasteiger partial charge on any atom is 0.110 e. The normalized spacial score (nSPS) is 27.3. The average Bonchev–Trinajstić information content (AvgIpc) is 2.39. The monoisotopic (exact) mass is 177 g/mol. The molecule has 1 atom stereocenters. The molecule has 0 aromatic carbocycles. The Morgan fingerprint density at radius 1 is 1.46 bits per heavy atom. The van der Waals surface area contributed by atoms with Gasteiger partial charge in [-0.3, -0.25) is 0 Å². The highest BCUT2D eigenvalue weighted by Crippen LogP contribution is 2.36. The van der Waals surface area contributed by atoms with Crippen LogP contribution in [0.25, 0.3) is 0 Å². The molecule has 1 aliphatic carbocycles. The van der Waals surface area contributed by atoms with Crippen LogP contribution < -0.4 is 5.73 Å². The predicted octanol–water partition coefficient (Wildman–Crippen LogP) is 1.03. The van der Waals surface area contributed by atoms with E-state index < -0.39 is 0 Å². The van der Waals surface area contributed by atoms with Crippen molar-refractivity contribution in [1.82, 2.24) is 9.55 Å². The summed E-state index contributed by atoms with van der Waals surface area (Å²) >= 11 is 0. The highest BCUT2D eigenvalue weighted by molar-refractivity contribution is 5.15. The lowest BCUT2D eigenvalue weighted by molar-refractivity contribution is 0.411. The van der Waals surface area contributed by atoms with E-state index in [1.807, 2.05) is 0 Å². The molecule has 1 unspecified atom stereocenters. The van der Waals surface area contributed by atoms with Crippen molar-refractivity contribution in [1.29, 1.82) is 0 Å². The lowest BCUT2D eigenvalue weighted by atomic mass is 9.83. The van der Waals surface area contributed by atoms with Crippen molar-refractivity contribution < 1.29 is 0 Å². The Morgan fingerprint density at radius 2 is 2.31 bits per heavy atom. The summed E-state index contributed by atoms with van der Waals surface area (Å²) in [6, 6.07) is 0.304. The molecule has 1 fully saturated rings. The Morgan fingerprint density at radius 3 is 2.92 bits per heavy atom. The third kappa shape index (κ3) is 1.10. The van der Waals surface area contributed by atoms with Crippen LogP contribution in [0.15, 0.2) is 6.20 Å². The number of rotatable bonds is 1. The summed E-state index contributed by atoms with van der Waals surface area (Å²) < 4.78 is 2.23. The minimum Gasteiger partial charge on any atom is -0.333 e. The van der Waals surface area contributed by atoms with Gasteiger partial charge in [-0.15, -0.1) is 0 Å². The Labute approximate surface area is 78.0 Å². The van der Waals surface area contributed by atoms with Gasteiger partial charge < -0.3 is 10.3 Å². The van der Waals surface area contributed by atoms with E-state index in [1.54, 1.807) is 0 Å². The Bertz CT molecular complexity index is 301. The number of nitrogens with two attached hydrogens (primary N) is 1. The van der Waals surface area contributed by atoms with Crippen LogP contribution in [0.5, 0.6) is 0 Å². The van der Waals surface area contributed by atoms with Gasteiger partial charge in [-0.2, -0.15) is 0 Å². The zero-order chi connectivity index (χ0) is 8.84. The molecule has 3 nitrogen and oxygen atoms in total. The van der Waals surface area contributed by atoms with Crippen molar-refractivity contribution in [3.8, 4) is 0 Å². The molecule has 1 aromatic heterocycles. The van der Waals surface area contributed by atoms with E-state index in [0.717, 1.165) is 18.9 Å². The fraction of sp³-hybridized carbons (Fsp3) is 0.700. The summed E-state index contributed by atoms with van der Waals surface area (Å²) in [6.07, 6.45) is 7.23. The van der Waals surface area contributed by atoms with Gasteiger partial charge in [-0.25, -0.2) is 4.98 Å². The molecule has 3 heteroatoms. The third-order valence-electron chi connectivity index (χ3n) is 3.28. The molecule has 1 aromatic rings. The van der Waals surface area contributed by atoms with Crippen LogP contribution in [0.4, 0.5) is 0 Å². The molecular formula is C10H15N3. The summed E-state index contributed by atoms with van der Waals surface area (Å²) in [7, 11) is 0. The lowest BCUT2D eigenvalue weighted by Crippen LogP contribution is -2.21. The van der Waals surface area contributed by atoms with Crippen molar-refractivity contribution in [3.63, 3.8) is 0 Å². The zero-order valence-electron chi connectivity index (χ0n) is 7.74. The fourth-order valence-electron chi connectivity index (χ4n) is 2.25. The quantitative estimate of drug-likeness (QED) is 0.696. The van der Waals surface area contributed by atoms with Crippen LogP contribution in [-0.2, 0) is 13.0 Å². The van der Waals surface area contributed by atoms with Gasteiger partial charge in [0.25, 0.3) is 0 Å². The van der Waals surface area contributed by atoms with Gasteiger partial charge >= 0.3 is 0 Å². The first kappa shape index (κ1) is 7.56. The van der Waals surface area contributed by atoms with E-state index in [2.05, 4.69) is 15.7 Å². The molecule has 0 amide bonds. The highest BCUT2D eigenvalue weighted by atomic mass is 15.1. The third-order valence-corrected chi connectivity index (χ3v) is 3.28. The minimum absolute atomic E-state index is 0.304. The first-order valence-electron chi connectivity index (χ1n) is 5.14. The number of aromatic nitrogens is 2. The van der Waals surface area contributed by atoms with Crippen LogP contribution >= 0.6 is 0 Å². The molecule has 2 aliphatic rings. The first-order valence-corrected chi connectivity index (χ1v) is 5.14. The predicted molar refractivity (Wildman–Crippen MR) is 50.5 cm³/mol. The Balaban J connectivity index is 1.87. The maximum atomic E-state index is 5.84. The van der Waals surface area contributed by atoms with Crippen LogP contribution in [0, 0.1) is 0 Å². The molecule has 1 saturated carbocycles. The van der Waals surface area contributed by atoms with Crippen LogP contribution in [0.1, 0.15) is 36.7 Å². The molecular weight excluding hydrogens is 162 g/mol. The number of imidazole rings is 1. The number of hydrogen-bond acceptors (Lipinski definition) is 2. The van der Waals surface area contributed by atoms with Gasteiger partial charge in [0.15, 0.2) is 0 Å². The topological polar surface area (TPSA) is 43.8 Å².